The van der Waals surface area contributed by atoms with Crippen molar-refractivity contribution in [2.75, 3.05) is 7.05 Å². The molecule has 82 valence electrons. The van der Waals surface area contributed by atoms with Crippen LogP contribution >= 0.6 is 12.2 Å². The molecule has 0 fully saturated rings. The van der Waals surface area contributed by atoms with Gasteiger partial charge in [-0.3, -0.25) is 0 Å². The molecule has 4 nitrogen and oxygen atoms in total. The summed E-state index contributed by atoms with van der Waals surface area (Å²) in [5, 5.41) is 0. The maximum absolute atomic E-state index is 11.3. The number of nitrogens with one attached hydrogen (secondary N) is 1. The second-order valence-electron chi connectivity index (χ2n) is 2.98. The second-order valence-corrected chi connectivity index (χ2v) is 5.35. The van der Waals surface area contributed by atoms with E-state index in [2.05, 4.69) is 4.72 Å². The number of thiocarbonyl (C=S) groups is 1. The van der Waals surface area contributed by atoms with Crippen molar-refractivity contribution < 1.29 is 8.42 Å². The molecule has 1 aromatic rings. The van der Waals surface area contributed by atoms with Crippen LogP contribution in [0, 0.1) is 0 Å². The number of nitrogens with two attached hydrogens (primary N) is 1. The van der Waals surface area contributed by atoms with Gasteiger partial charge in [0.2, 0.25) is 10.0 Å². The van der Waals surface area contributed by atoms with Gasteiger partial charge in [0.15, 0.2) is 0 Å². The van der Waals surface area contributed by atoms with Crippen LogP contribution in [0.5, 0.6) is 0 Å². The van der Waals surface area contributed by atoms with E-state index in [1.54, 1.807) is 24.3 Å². The first-order chi connectivity index (χ1) is 6.96. The van der Waals surface area contributed by atoms with Gasteiger partial charge in [-0.05, 0) is 12.6 Å². The van der Waals surface area contributed by atoms with Gasteiger partial charge in [-0.2, -0.15) is 0 Å². The van der Waals surface area contributed by atoms with E-state index < -0.39 is 10.0 Å². The zero-order chi connectivity index (χ0) is 11.5. The van der Waals surface area contributed by atoms with E-state index in [0.717, 1.165) is 0 Å². The summed E-state index contributed by atoms with van der Waals surface area (Å²) in [6, 6.07) is 6.93. The third kappa shape index (κ3) is 3.26. The molecule has 0 unspecified atom stereocenters. The summed E-state index contributed by atoms with van der Waals surface area (Å²) in [6.45, 7) is 0. The van der Waals surface area contributed by atoms with Crippen LogP contribution in [-0.2, 0) is 15.8 Å². The van der Waals surface area contributed by atoms with Gasteiger partial charge in [-0.15, -0.1) is 0 Å². The average molecular weight is 244 g/mol. The largest absolute Gasteiger partial charge is 0.389 e. The number of benzene rings is 1. The smallest absolute Gasteiger partial charge is 0.215 e. The Morgan fingerprint density at radius 1 is 1.47 bits per heavy atom. The molecule has 0 saturated heterocycles. The van der Waals surface area contributed by atoms with Crippen LogP contribution in [0.3, 0.4) is 0 Å². The van der Waals surface area contributed by atoms with Crippen molar-refractivity contribution in [2.24, 2.45) is 5.73 Å². The van der Waals surface area contributed by atoms with Crippen LogP contribution < -0.4 is 10.5 Å². The van der Waals surface area contributed by atoms with Crippen LogP contribution in [0.4, 0.5) is 0 Å². The number of sulfonamides is 1. The molecule has 0 heterocycles. The van der Waals surface area contributed by atoms with Gasteiger partial charge < -0.3 is 5.73 Å². The van der Waals surface area contributed by atoms with E-state index in [-0.39, 0.29) is 10.7 Å². The molecular formula is C9H12N2O2S2. The molecule has 3 N–H and O–H groups in total. The molecule has 0 aliphatic rings. The minimum atomic E-state index is -3.29. The van der Waals surface area contributed by atoms with Gasteiger partial charge in [-0.1, -0.05) is 36.5 Å². The van der Waals surface area contributed by atoms with Gasteiger partial charge in [0, 0.05) is 5.56 Å². The summed E-state index contributed by atoms with van der Waals surface area (Å²) >= 11 is 4.84. The lowest BCUT2D eigenvalue weighted by molar-refractivity contribution is 0.587. The van der Waals surface area contributed by atoms with E-state index in [9.17, 15) is 8.42 Å². The normalized spacial score (nSPS) is 11.3. The third-order valence-corrected chi connectivity index (χ3v) is 3.47. The lowest BCUT2D eigenvalue weighted by atomic mass is 10.1. The fraction of sp³-hybridized carbons (Fsp3) is 0.222. The maximum Gasteiger partial charge on any atom is 0.215 e. The first kappa shape index (κ1) is 12.1. The highest BCUT2D eigenvalue weighted by atomic mass is 32.2. The van der Waals surface area contributed by atoms with Crippen LogP contribution in [-0.4, -0.2) is 20.5 Å². The van der Waals surface area contributed by atoms with Gasteiger partial charge in [0.05, 0.1) is 5.75 Å². The summed E-state index contributed by atoms with van der Waals surface area (Å²) in [6.07, 6.45) is 0. The molecule has 15 heavy (non-hydrogen) atoms. The Balaban J connectivity index is 3.10. The standard InChI is InChI=1S/C9H12N2O2S2/c1-11-15(12,13)6-7-4-2-3-5-8(7)9(10)14/h2-5,11H,6H2,1H3,(H2,10,14). The predicted octanol–water partition coefficient (Wildman–Crippen LogP) is 0.370. The van der Waals surface area contributed by atoms with Crippen molar-refractivity contribution in [3.05, 3.63) is 35.4 Å². The molecule has 0 radical (unpaired) electrons. The average Bonchev–Trinajstić information content (AvgIpc) is 2.18. The molecule has 0 aliphatic heterocycles. The van der Waals surface area contributed by atoms with Crippen molar-refractivity contribution in [3.8, 4) is 0 Å². The number of hydrogen-bond acceptors (Lipinski definition) is 3. The summed E-state index contributed by atoms with van der Waals surface area (Å²) in [7, 11) is -1.92. The summed E-state index contributed by atoms with van der Waals surface area (Å²) in [5.41, 5.74) is 6.70. The van der Waals surface area contributed by atoms with Gasteiger partial charge >= 0.3 is 0 Å². The molecule has 6 heteroatoms. The van der Waals surface area contributed by atoms with Crippen molar-refractivity contribution in [3.63, 3.8) is 0 Å². The summed E-state index contributed by atoms with van der Waals surface area (Å²) in [5.74, 6) is -0.114. The minimum absolute atomic E-state index is 0.114. The van der Waals surface area contributed by atoms with Crippen LogP contribution in [0.2, 0.25) is 0 Å². The molecule has 1 aromatic carbocycles. The third-order valence-electron chi connectivity index (χ3n) is 1.94. The molecule has 0 aliphatic carbocycles. The topological polar surface area (TPSA) is 72.2 Å². The quantitative estimate of drug-likeness (QED) is 0.751. The first-order valence-corrected chi connectivity index (χ1v) is 6.31. The molecule has 0 bridgehead atoms. The fourth-order valence-corrected chi connectivity index (χ4v) is 2.17. The van der Waals surface area contributed by atoms with E-state index in [0.29, 0.717) is 11.1 Å². The molecule has 0 spiro atoms. The second kappa shape index (κ2) is 4.69. The van der Waals surface area contributed by atoms with Gasteiger partial charge in [0.1, 0.15) is 4.99 Å². The van der Waals surface area contributed by atoms with E-state index >= 15 is 0 Å². The Kier molecular flexibility index (Phi) is 3.78. The van der Waals surface area contributed by atoms with Crippen molar-refractivity contribution in [1.29, 1.82) is 0 Å². The Morgan fingerprint density at radius 3 is 2.60 bits per heavy atom. The van der Waals surface area contributed by atoms with Crippen molar-refractivity contribution in [1.82, 2.24) is 4.72 Å². The molecule has 0 aromatic heterocycles. The fourth-order valence-electron chi connectivity index (χ4n) is 1.16. The Hall–Kier alpha value is -0.980. The van der Waals surface area contributed by atoms with Crippen LogP contribution in [0.25, 0.3) is 0 Å². The molecule has 0 atom stereocenters. The van der Waals surface area contributed by atoms with Crippen LogP contribution in [0.15, 0.2) is 24.3 Å². The summed E-state index contributed by atoms with van der Waals surface area (Å²) < 4.78 is 24.9. The maximum atomic E-state index is 11.3. The SMILES string of the molecule is CNS(=O)(=O)Cc1ccccc1C(N)=S. The minimum Gasteiger partial charge on any atom is -0.389 e. The van der Waals surface area contributed by atoms with Crippen molar-refractivity contribution >= 4 is 27.2 Å². The summed E-state index contributed by atoms with van der Waals surface area (Å²) in [4.78, 5) is 0.205. The molecular weight excluding hydrogens is 232 g/mol. The van der Waals surface area contributed by atoms with E-state index in [1.165, 1.54) is 7.05 Å². The zero-order valence-corrected chi connectivity index (χ0v) is 9.86. The highest BCUT2D eigenvalue weighted by Gasteiger charge is 2.12. The number of rotatable bonds is 4. The molecule has 1 rings (SSSR count). The Morgan fingerprint density at radius 2 is 2.07 bits per heavy atom. The Bertz CT molecular complexity index is 469. The van der Waals surface area contributed by atoms with Crippen molar-refractivity contribution in [2.45, 2.75) is 5.75 Å². The lowest BCUT2D eigenvalue weighted by Gasteiger charge is -2.07. The highest BCUT2D eigenvalue weighted by molar-refractivity contribution is 7.88. The first-order valence-electron chi connectivity index (χ1n) is 4.25. The molecule has 0 saturated carbocycles. The van der Waals surface area contributed by atoms with Gasteiger partial charge in [-0.25, -0.2) is 13.1 Å². The lowest BCUT2D eigenvalue weighted by Crippen LogP contribution is -2.22. The van der Waals surface area contributed by atoms with E-state index in [4.69, 9.17) is 18.0 Å². The van der Waals surface area contributed by atoms with Gasteiger partial charge in [0.25, 0.3) is 0 Å². The number of hydrogen-bond donors (Lipinski definition) is 2. The molecule has 0 amide bonds. The van der Waals surface area contributed by atoms with E-state index in [1.807, 2.05) is 0 Å². The zero-order valence-electron chi connectivity index (χ0n) is 8.23. The van der Waals surface area contributed by atoms with Crippen LogP contribution in [0.1, 0.15) is 11.1 Å². The highest BCUT2D eigenvalue weighted by Crippen LogP contribution is 2.11. The predicted molar refractivity (Wildman–Crippen MR) is 64.0 cm³/mol. The monoisotopic (exact) mass is 244 g/mol. The Labute approximate surface area is 94.5 Å².